The third-order valence-electron chi connectivity index (χ3n) is 3.53. The Morgan fingerprint density at radius 3 is 2.05 bits per heavy atom. The van der Waals surface area contributed by atoms with Gasteiger partial charge >= 0.3 is 0 Å². The summed E-state index contributed by atoms with van der Waals surface area (Å²) < 4.78 is 0. The Morgan fingerprint density at radius 1 is 1.05 bits per heavy atom. The summed E-state index contributed by atoms with van der Waals surface area (Å²) >= 11 is 0. The Bertz CT molecular complexity index is 581. The van der Waals surface area contributed by atoms with E-state index in [2.05, 4.69) is 5.32 Å². The molecule has 3 heteroatoms. The van der Waals surface area contributed by atoms with Crippen LogP contribution in [0.4, 0.5) is 0 Å². The fourth-order valence-corrected chi connectivity index (χ4v) is 2.65. The van der Waals surface area contributed by atoms with E-state index in [0.29, 0.717) is 6.42 Å². The first kappa shape index (κ1) is 15.3. The summed E-state index contributed by atoms with van der Waals surface area (Å²) in [5.41, 5.74) is 6.88. The van der Waals surface area contributed by atoms with Crippen LogP contribution in [0.3, 0.4) is 0 Å². The molecule has 1 atom stereocenters. The minimum absolute atomic E-state index is 0.140. The van der Waals surface area contributed by atoms with Crippen molar-refractivity contribution in [2.45, 2.75) is 31.8 Å². The number of carbonyl (C=O) groups is 1. The molecule has 0 saturated carbocycles. The third kappa shape index (κ3) is 3.50. The van der Waals surface area contributed by atoms with Crippen LogP contribution in [0.1, 0.15) is 25.0 Å². The molecular weight excluding hydrogens is 260 g/mol. The minimum atomic E-state index is -0.892. The molecule has 0 aliphatic carbocycles. The van der Waals surface area contributed by atoms with E-state index in [9.17, 15) is 4.79 Å². The summed E-state index contributed by atoms with van der Waals surface area (Å²) in [6.07, 6.45) is 0.533. The molecule has 2 aromatic carbocycles. The SMILES string of the molecule is CC(C)NC(Cc1ccccc1)(C(N)=O)c1ccccc1. The predicted molar refractivity (Wildman–Crippen MR) is 85.7 cm³/mol. The van der Waals surface area contributed by atoms with Crippen molar-refractivity contribution in [3.8, 4) is 0 Å². The Morgan fingerprint density at radius 2 is 1.57 bits per heavy atom. The first-order chi connectivity index (χ1) is 10.0. The van der Waals surface area contributed by atoms with E-state index in [1.54, 1.807) is 0 Å². The van der Waals surface area contributed by atoms with E-state index in [-0.39, 0.29) is 11.9 Å². The quantitative estimate of drug-likeness (QED) is 0.855. The highest BCUT2D eigenvalue weighted by atomic mass is 16.1. The van der Waals surface area contributed by atoms with Crippen molar-refractivity contribution in [1.82, 2.24) is 5.32 Å². The standard InChI is InChI=1S/C18H22N2O/c1-14(2)20-18(17(19)21,16-11-7-4-8-12-16)13-15-9-5-3-6-10-15/h3-12,14,20H,13H2,1-2H3,(H2,19,21). The molecule has 0 bridgehead atoms. The largest absolute Gasteiger partial charge is 0.368 e. The second-order valence-electron chi connectivity index (χ2n) is 5.60. The lowest BCUT2D eigenvalue weighted by atomic mass is 9.82. The van der Waals surface area contributed by atoms with E-state index in [1.807, 2.05) is 74.5 Å². The van der Waals surface area contributed by atoms with Crippen molar-refractivity contribution in [2.24, 2.45) is 5.73 Å². The van der Waals surface area contributed by atoms with Crippen LogP contribution in [0, 0.1) is 0 Å². The Hall–Kier alpha value is -2.13. The van der Waals surface area contributed by atoms with Gasteiger partial charge in [0.1, 0.15) is 5.54 Å². The monoisotopic (exact) mass is 282 g/mol. The van der Waals surface area contributed by atoms with Gasteiger partial charge in [0.05, 0.1) is 0 Å². The van der Waals surface area contributed by atoms with Crippen molar-refractivity contribution < 1.29 is 4.79 Å². The van der Waals surface area contributed by atoms with E-state index in [0.717, 1.165) is 11.1 Å². The number of benzene rings is 2. The van der Waals surface area contributed by atoms with Crippen LogP contribution >= 0.6 is 0 Å². The summed E-state index contributed by atoms with van der Waals surface area (Å²) in [6.45, 7) is 4.04. The van der Waals surface area contributed by atoms with E-state index >= 15 is 0 Å². The van der Waals surface area contributed by atoms with Gasteiger partial charge in [-0.25, -0.2) is 0 Å². The van der Waals surface area contributed by atoms with Crippen molar-refractivity contribution >= 4 is 5.91 Å². The highest BCUT2D eigenvalue weighted by Crippen LogP contribution is 2.26. The molecular formula is C18H22N2O. The molecule has 21 heavy (non-hydrogen) atoms. The number of rotatable bonds is 6. The molecule has 0 aliphatic heterocycles. The molecule has 1 amide bonds. The summed E-state index contributed by atoms with van der Waals surface area (Å²) in [7, 11) is 0. The normalized spacial score (nSPS) is 13.9. The molecule has 0 aliphatic rings. The van der Waals surface area contributed by atoms with Gasteiger partial charge in [-0.15, -0.1) is 0 Å². The number of hydrogen-bond donors (Lipinski definition) is 2. The zero-order valence-electron chi connectivity index (χ0n) is 12.5. The highest BCUT2D eigenvalue weighted by molar-refractivity contribution is 5.86. The number of nitrogens with two attached hydrogens (primary N) is 1. The van der Waals surface area contributed by atoms with Crippen LogP contribution < -0.4 is 11.1 Å². The fourth-order valence-electron chi connectivity index (χ4n) is 2.65. The van der Waals surface area contributed by atoms with Gasteiger partial charge in [0.25, 0.3) is 0 Å². The smallest absolute Gasteiger partial charge is 0.242 e. The Balaban J connectivity index is 2.48. The lowest BCUT2D eigenvalue weighted by Gasteiger charge is -2.34. The number of carbonyl (C=O) groups excluding carboxylic acids is 1. The van der Waals surface area contributed by atoms with Gasteiger partial charge in [-0.05, 0) is 25.0 Å². The molecule has 0 heterocycles. The summed E-state index contributed by atoms with van der Waals surface area (Å²) in [4.78, 5) is 12.3. The van der Waals surface area contributed by atoms with Gasteiger partial charge in [0.15, 0.2) is 0 Å². The number of nitrogens with one attached hydrogen (secondary N) is 1. The molecule has 1 unspecified atom stereocenters. The van der Waals surface area contributed by atoms with E-state index in [1.165, 1.54) is 0 Å². The van der Waals surface area contributed by atoms with E-state index in [4.69, 9.17) is 5.73 Å². The summed E-state index contributed by atoms with van der Waals surface area (Å²) in [5.74, 6) is -0.355. The third-order valence-corrected chi connectivity index (χ3v) is 3.53. The first-order valence-electron chi connectivity index (χ1n) is 7.21. The molecule has 2 aromatic rings. The van der Waals surface area contributed by atoms with Crippen molar-refractivity contribution in [2.75, 3.05) is 0 Å². The van der Waals surface area contributed by atoms with Crippen LogP contribution in [-0.2, 0) is 16.8 Å². The van der Waals surface area contributed by atoms with Crippen LogP contribution in [-0.4, -0.2) is 11.9 Å². The minimum Gasteiger partial charge on any atom is -0.368 e. The summed E-state index contributed by atoms with van der Waals surface area (Å²) in [5, 5.41) is 3.38. The maximum atomic E-state index is 12.3. The molecule has 0 aromatic heterocycles. The second kappa shape index (κ2) is 6.55. The Labute approximate surface area is 126 Å². The second-order valence-corrected chi connectivity index (χ2v) is 5.60. The molecule has 2 rings (SSSR count). The number of amides is 1. The van der Waals surface area contributed by atoms with Crippen LogP contribution in [0.2, 0.25) is 0 Å². The van der Waals surface area contributed by atoms with Crippen LogP contribution in [0.15, 0.2) is 60.7 Å². The molecule has 3 nitrogen and oxygen atoms in total. The molecule has 110 valence electrons. The highest BCUT2D eigenvalue weighted by Gasteiger charge is 2.38. The topological polar surface area (TPSA) is 55.1 Å². The number of hydrogen-bond acceptors (Lipinski definition) is 2. The Kier molecular flexibility index (Phi) is 4.76. The number of primary amides is 1. The van der Waals surface area contributed by atoms with Crippen molar-refractivity contribution in [1.29, 1.82) is 0 Å². The van der Waals surface area contributed by atoms with Gasteiger partial charge in [-0.1, -0.05) is 60.7 Å². The van der Waals surface area contributed by atoms with Gasteiger partial charge in [-0.3, -0.25) is 10.1 Å². The maximum absolute atomic E-state index is 12.3. The molecule has 0 fully saturated rings. The van der Waals surface area contributed by atoms with E-state index < -0.39 is 5.54 Å². The van der Waals surface area contributed by atoms with Gasteiger partial charge in [0, 0.05) is 12.5 Å². The molecule has 0 spiro atoms. The maximum Gasteiger partial charge on any atom is 0.242 e. The summed E-state index contributed by atoms with van der Waals surface area (Å²) in [6, 6.07) is 19.8. The van der Waals surface area contributed by atoms with Crippen molar-refractivity contribution in [3.63, 3.8) is 0 Å². The average Bonchev–Trinajstić information content (AvgIpc) is 2.48. The van der Waals surface area contributed by atoms with Gasteiger partial charge in [-0.2, -0.15) is 0 Å². The van der Waals surface area contributed by atoms with Gasteiger partial charge in [0.2, 0.25) is 5.91 Å². The van der Waals surface area contributed by atoms with Crippen LogP contribution in [0.25, 0.3) is 0 Å². The van der Waals surface area contributed by atoms with Gasteiger partial charge < -0.3 is 5.73 Å². The van der Waals surface area contributed by atoms with Crippen LogP contribution in [0.5, 0.6) is 0 Å². The molecule has 0 radical (unpaired) electrons. The predicted octanol–water partition coefficient (Wildman–Crippen LogP) is 2.61. The lowest BCUT2D eigenvalue weighted by molar-refractivity contribution is -0.125. The fraction of sp³-hybridized carbons (Fsp3) is 0.278. The zero-order valence-corrected chi connectivity index (χ0v) is 12.5. The van der Waals surface area contributed by atoms with Crippen molar-refractivity contribution in [3.05, 3.63) is 71.8 Å². The average molecular weight is 282 g/mol. The first-order valence-corrected chi connectivity index (χ1v) is 7.21. The zero-order chi connectivity index (χ0) is 15.3. The molecule has 0 saturated heterocycles. The molecule has 3 N–H and O–H groups in total. The lowest BCUT2D eigenvalue weighted by Crippen LogP contribution is -2.56.